The number of hydrogen-bond acceptors (Lipinski definition) is 7. The van der Waals surface area contributed by atoms with E-state index in [-0.39, 0.29) is 23.0 Å². The second kappa shape index (κ2) is 14.4. The molecule has 1 aliphatic carbocycles. The van der Waals surface area contributed by atoms with Gasteiger partial charge in [0, 0.05) is 63.6 Å². The van der Waals surface area contributed by atoms with E-state index in [9.17, 15) is 18.8 Å². The fraction of sp³-hybridized carbons (Fsp3) is 0.410. The van der Waals surface area contributed by atoms with Crippen molar-refractivity contribution >= 4 is 16.9 Å². The molecule has 1 amide bonds. The number of carbonyl (C=O) groups is 1. The number of piperazine rings is 1. The van der Waals surface area contributed by atoms with E-state index in [2.05, 4.69) is 63.3 Å². The van der Waals surface area contributed by atoms with Crippen molar-refractivity contribution in [2.45, 2.75) is 71.1 Å². The number of aromatic nitrogens is 5. The van der Waals surface area contributed by atoms with Gasteiger partial charge in [-0.05, 0) is 87.4 Å². The second-order valence-corrected chi connectivity index (χ2v) is 14.2. The first-order chi connectivity index (χ1) is 24.5. The first-order valence-electron chi connectivity index (χ1n) is 17.9. The number of nitrogens with one attached hydrogen (secondary N) is 1. The maximum atomic E-state index is 14.5. The summed E-state index contributed by atoms with van der Waals surface area (Å²) in [7, 11) is 1.79. The highest BCUT2D eigenvalue weighted by atomic mass is 19.1. The Morgan fingerprint density at radius 3 is 2.33 bits per heavy atom. The number of nitrogens with zero attached hydrogens (tertiary/aromatic N) is 7. The molecule has 2 fully saturated rings. The normalized spacial score (nSPS) is 18.8. The van der Waals surface area contributed by atoms with Crippen LogP contribution in [-0.4, -0.2) is 77.9 Å². The third-order valence-electron chi connectivity index (χ3n) is 10.6. The van der Waals surface area contributed by atoms with Gasteiger partial charge < -0.3 is 5.32 Å². The second-order valence-electron chi connectivity index (χ2n) is 14.2. The van der Waals surface area contributed by atoms with Gasteiger partial charge in [-0.3, -0.25) is 28.6 Å². The van der Waals surface area contributed by atoms with Crippen molar-refractivity contribution in [1.82, 2.24) is 39.0 Å². The number of aryl methyl sites for hydroxylation is 2. The number of rotatable bonds is 8. The molecule has 1 aliphatic heterocycles. The van der Waals surface area contributed by atoms with Crippen LogP contribution in [0.4, 0.5) is 4.39 Å². The topological polar surface area (TPSA) is 110 Å². The van der Waals surface area contributed by atoms with Crippen LogP contribution < -0.4 is 16.6 Å². The van der Waals surface area contributed by atoms with Crippen LogP contribution in [0.1, 0.15) is 67.3 Å². The molecule has 1 N–H and O–H groups in total. The van der Waals surface area contributed by atoms with Crippen molar-refractivity contribution in [3.63, 3.8) is 0 Å². The fourth-order valence-corrected chi connectivity index (χ4v) is 7.47. The minimum atomic E-state index is -0.650. The van der Waals surface area contributed by atoms with E-state index in [1.54, 1.807) is 23.9 Å². The average molecular weight is 693 g/mol. The van der Waals surface area contributed by atoms with Gasteiger partial charge in [0.2, 0.25) is 0 Å². The summed E-state index contributed by atoms with van der Waals surface area (Å²) in [5, 5.41) is 7.36. The van der Waals surface area contributed by atoms with Crippen LogP contribution in [0.5, 0.6) is 0 Å². The molecule has 4 heterocycles. The molecule has 0 atom stereocenters. The molecule has 0 unspecified atom stereocenters. The van der Waals surface area contributed by atoms with Crippen molar-refractivity contribution in [2.75, 3.05) is 26.2 Å². The quantitative estimate of drug-likeness (QED) is 0.248. The van der Waals surface area contributed by atoms with Crippen molar-refractivity contribution < 1.29 is 9.18 Å². The number of fused-ring (bicyclic) bond motifs is 1. The average Bonchev–Trinajstić information content (AvgIpc) is 3.47. The number of carbonyl (C=O) groups excluding carboxylic acids is 1. The minimum absolute atomic E-state index is 0.0412. The Balaban J connectivity index is 1.13. The van der Waals surface area contributed by atoms with Crippen LogP contribution in [0.3, 0.4) is 0 Å². The van der Waals surface area contributed by atoms with Gasteiger partial charge in [0.15, 0.2) is 5.65 Å². The monoisotopic (exact) mass is 692 g/mol. The third kappa shape index (κ3) is 7.15. The number of halogens is 1. The van der Waals surface area contributed by atoms with Crippen LogP contribution >= 0.6 is 0 Å². The molecular formula is C39H45FN8O3. The Hall–Kier alpha value is -4.94. The molecule has 1 saturated heterocycles. The zero-order valence-electron chi connectivity index (χ0n) is 29.7. The lowest BCUT2D eigenvalue weighted by atomic mass is 9.90. The van der Waals surface area contributed by atoms with Crippen molar-refractivity contribution in [1.29, 1.82) is 0 Å². The molecule has 3 aromatic heterocycles. The van der Waals surface area contributed by atoms with E-state index in [1.807, 2.05) is 25.1 Å². The van der Waals surface area contributed by atoms with Gasteiger partial charge in [0.05, 0.1) is 17.3 Å². The molecular weight excluding hydrogens is 647 g/mol. The third-order valence-corrected chi connectivity index (χ3v) is 10.6. The fourth-order valence-electron chi connectivity index (χ4n) is 7.47. The summed E-state index contributed by atoms with van der Waals surface area (Å²) in [4.78, 5) is 50.2. The van der Waals surface area contributed by atoms with Gasteiger partial charge in [0.1, 0.15) is 11.5 Å². The summed E-state index contributed by atoms with van der Waals surface area (Å²) in [5.41, 5.74) is 3.95. The Kier molecular flexibility index (Phi) is 9.71. The van der Waals surface area contributed by atoms with E-state index in [0.29, 0.717) is 43.1 Å². The van der Waals surface area contributed by atoms with Gasteiger partial charge in [-0.15, -0.1) is 0 Å². The first-order valence-corrected chi connectivity index (χ1v) is 17.9. The number of hydrogen-bond donors (Lipinski definition) is 1. The molecule has 7 rings (SSSR count). The van der Waals surface area contributed by atoms with E-state index in [4.69, 9.17) is 0 Å². The van der Waals surface area contributed by atoms with Gasteiger partial charge in [-0.25, -0.2) is 18.7 Å². The van der Waals surface area contributed by atoms with Crippen molar-refractivity contribution in [3.8, 4) is 16.8 Å². The molecule has 2 aliphatic rings. The molecule has 1 saturated carbocycles. The summed E-state index contributed by atoms with van der Waals surface area (Å²) >= 11 is 0. The van der Waals surface area contributed by atoms with Gasteiger partial charge in [-0.2, -0.15) is 5.10 Å². The highest BCUT2D eigenvalue weighted by molar-refractivity contribution is 5.92. The SMILES string of the molecule is Cc1cc(C(=O)NC2CCC(n3c(=O)c4cc(F)cnc4n(-c4cccc(-c5ccc(CN6CCN(C(C)C)CC6)cc5)c4)c3=O)CC2)nn1C. The predicted molar refractivity (Wildman–Crippen MR) is 196 cm³/mol. The molecule has 5 aromatic rings. The largest absolute Gasteiger partial charge is 0.348 e. The minimum Gasteiger partial charge on any atom is -0.348 e. The molecule has 0 radical (unpaired) electrons. The van der Waals surface area contributed by atoms with Gasteiger partial charge in [0.25, 0.3) is 11.5 Å². The Labute approximate surface area is 296 Å². The van der Waals surface area contributed by atoms with E-state index >= 15 is 0 Å². The maximum absolute atomic E-state index is 14.5. The number of amides is 1. The van der Waals surface area contributed by atoms with Crippen LogP contribution in [-0.2, 0) is 13.6 Å². The highest BCUT2D eigenvalue weighted by Gasteiger charge is 2.29. The van der Waals surface area contributed by atoms with E-state index < -0.39 is 23.1 Å². The molecule has 0 bridgehead atoms. The zero-order chi connectivity index (χ0) is 35.8. The molecule has 266 valence electrons. The van der Waals surface area contributed by atoms with Crippen molar-refractivity contribution in [3.05, 3.63) is 110 Å². The number of benzene rings is 2. The summed E-state index contributed by atoms with van der Waals surface area (Å²) < 4.78 is 18.9. The summed E-state index contributed by atoms with van der Waals surface area (Å²) in [6, 6.07) is 19.0. The molecule has 51 heavy (non-hydrogen) atoms. The summed E-state index contributed by atoms with van der Waals surface area (Å²) in [6.45, 7) is 11.5. The van der Waals surface area contributed by atoms with E-state index in [0.717, 1.165) is 61.8 Å². The lowest BCUT2D eigenvalue weighted by molar-refractivity contribution is 0.0916. The Bertz CT molecular complexity index is 2150. The van der Waals surface area contributed by atoms with E-state index in [1.165, 1.54) is 14.7 Å². The smallest absolute Gasteiger partial charge is 0.337 e. The molecule has 11 nitrogen and oxygen atoms in total. The predicted octanol–water partition coefficient (Wildman–Crippen LogP) is 4.84. The molecule has 2 aromatic carbocycles. The first kappa shape index (κ1) is 34.5. The Morgan fingerprint density at radius 2 is 1.67 bits per heavy atom. The van der Waals surface area contributed by atoms with Crippen LogP contribution in [0.2, 0.25) is 0 Å². The van der Waals surface area contributed by atoms with Crippen LogP contribution in [0.15, 0.2) is 76.4 Å². The van der Waals surface area contributed by atoms with Gasteiger partial charge >= 0.3 is 5.69 Å². The summed E-state index contributed by atoms with van der Waals surface area (Å²) in [5.74, 6) is -0.897. The zero-order valence-corrected chi connectivity index (χ0v) is 29.7. The van der Waals surface area contributed by atoms with Gasteiger partial charge in [-0.1, -0.05) is 36.4 Å². The number of pyridine rings is 1. The lowest BCUT2D eigenvalue weighted by Gasteiger charge is -2.36. The van der Waals surface area contributed by atoms with Crippen LogP contribution in [0.25, 0.3) is 27.8 Å². The lowest BCUT2D eigenvalue weighted by Crippen LogP contribution is -2.48. The Morgan fingerprint density at radius 1 is 0.941 bits per heavy atom. The molecule has 12 heteroatoms. The van der Waals surface area contributed by atoms with Crippen LogP contribution in [0, 0.1) is 12.7 Å². The summed E-state index contributed by atoms with van der Waals surface area (Å²) in [6.07, 6.45) is 3.18. The maximum Gasteiger partial charge on any atom is 0.337 e. The molecule has 0 spiro atoms. The van der Waals surface area contributed by atoms with Crippen molar-refractivity contribution in [2.24, 2.45) is 7.05 Å². The standard InChI is InChI=1S/C39H45FN8O3/c1-25(2)46-18-16-45(17-19-46)24-27-8-10-28(11-9-27)29-6-5-7-33(21-29)47-36-34(22-30(40)23-41-36)38(50)48(39(47)51)32-14-12-31(13-15-32)42-37(49)35-20-26(3)44(4)43-35/h5-11,20-23,25,31-32H,12-19,24H2,1-4H3,(H,42,49). The highest BCUT2D eigenvalue weighted by Crippen LogP contribution is 2.29.